The number of rotatable bonds is 2. The molecule has 0 aliphatic carbocycles. The molecule has 0 radical (unpaired) electrons. The standard InChI is InChI=1S/C18H16BrN3O/c1-22(2)13-7-8-14-16(9-13)23-18(21)15(10-20)17(14)11-3-5-12(19)6-4-11/h3-9,17H,21H2,1-2H3. The molecule has 4 nitrogen and oxygen atoms in total. The third-order valence-electron chi connectivity index (χ3n) is 3.92. The minimum Gasteiger partial charge on any atom is -0.440 e. The second-order valence-electron chi connectivity index (χ2n) is 5.59. The summed E-state index contributed by atoms with van der Waals surface area (Å²) < 4.78 is 6.69. The van der Waals surface area contributed by atoms with Crippen molar-refractivity contribution in [1.29, 1.82) is 5.26 Å². The molecule has 2 aromatic carbocycles. The van der Waals surface area contributed by atoms with Crippen LogP contribution in [0.25, 0.3) is 0 Å². The average Bonchev–Trinajstić information content (AvgIpc) is 2.53. The maximum absolute atomic E-state index is 9.53. The molecule has 23 heavy (non-hydrogen) atoms. The largest absolute Gasteiger partial charge is 0.440 e. The first-order valence-corrected chi connectivity index (χ1v) is 7.95. The summed E-state index contributed by atoms with van der Waals surface area (Å²) in [5.74, 6) is 0.650. The third kappa shape index (κ3) is 2.78. The summed E-state index contributed by atoms with van der Waals surface area (Å²) in [5, 5.41) is 9.53. The highest BCUT2D eigenvalue weighted by molar-refractivity contribution is 9.10. The van der Waals surface area contributed by atoms with Gasteiger partial charge in [0.15, 0.2) is 0 Å². The van der Waals surface area contributed by atoms with E-state index in [4.69, 9.17) is 10.5 Å². The van der Waals surface area contributed by atoms with Gasteiger partial charge in [-0.3, -0.25) is 0 Å². The van der Waals surface area contributed by atoms with E-state index in [0.29, 0.717) is 11.3 Å². The number of halogens is 1. The zero-order valence-corrected chi connectivity index (χ0v) is 14.5. The van der Waals surface area contributed by atoms with Gasteiger partial charge in [0, 0.05) is 35.9 Å². The molecule has 1 aliphatic heterocycles. The van der Waals surface area contributed by atoms with Crippen LogP contribution in [0.1, 0.15) is 17.0 Å². The number of fused-ring (bicyclic) bond motifs is 1. The molecule has 2 N–H and O–H groups in total. The highest BCUT2D eigenvalue weighted by Gasteiger charge is 2.30. The number of anilines is 1. The lowest BCUT2D eigenvalue weighted by Gasteiger charge is -2.27. The summed E-state index contributed by atoms with van der Waals surface area (Å²) in [4.78, 5) is 2.00. The Labute approximate surface area is 143 Å². The lowest BCUT2D eigenvalue weighted by molar-refractivity contribution is 0.394. The van der Waals surface area contributed by atoms with Gasteiger partial charge >= 0.3 is 0 Å². The van der Waals surface area contributed by atoms with Crippen LogP contribution in [-0.4, -0.2) is 14.1 Å². The Hall–Kier alpha value is -2.45. The highest BCUT2D eigenvalue weighted by Crippen LogP contribution is 2.43. The van der Waals surface area contributed by atoms with Crippen LogP contribution in [-0.2, 0) is 0 Å². The Balaban J connectivity index is 2.17. The van der Waals surface area contributed by atoms with Crippen LogP contribution in [0.2, 0.25) is 0 Å². The van der Waals surface area contributed by atoms with Gasteiger partial charge in [-0.05, 0) is 23.8 Å². The van der Waals surface area contributed by atoms with Crippen molar-refractivity contribution in [3.05, 3.63) is 69.5 Å². The van der Waals surface area contributed by atoms with E-state index in [9.17, 15) is 5.26 Å². The molecule has 0 aromatic heterocycles. The number of nitrogens with two attached hydrogens (primary N) is 1. The molecule has 116 valence electrons. The van der Waals surface area contributed by atoms with Crippen LogP contribution in [0.5, 0.6) is 5.75 Å². The van der Waals surface area contributed by atoms with Crippen molar-refractivity contribution in [2.45, 2.75) is 5.92 Å². The second-order valence-corrected chi connectivity index (χ2v) is 6.51. The Kier molecular flexibility index (Phi) is 4.01. The zero-order chi connectivity index (χ0) is 16.6. The normalized spacial score (nSPS) is 16.3. The quantitative estimate of drug-likeness (QED) is 0.875. The molecule has 0 saturated heterocycles. The smallest absolute Gasteiger partial charge is 0.205 e. The maximum Gasteiger partial charge on any atom is 0.205 e. The van der Waals surface area contributed by atoms with Crippen LogP contribution >= 0.6 is 15.9 Å². The van der Waals surface area contributed by atoms with Gasteiger partial charge in [0.05, 0.1) is 5.92 Å². The average molecular weight is 370 g/mol. The fourth-order valence-electron chi connectivity index (χ4n) is 2.72. The molecule has 0 saturated carbocycles. The third-order valence-corrected chi connectivity index (χ3v) is 4.45. The van der Waals surface area contributed by atoms with Crippen molar-refractivity contribution in [2.24, 2.45) is 5.73 Å². The van der Waals surface area contributed by atoms with Gasteiger partial charge in [-0.1, -0.05) is 34.1 Å². The summed E-state index contributed by atoms with van der Waals surface area (Å²) in [5.41, 5.74) is 9.42. The van der Waals surface area contributed by atoms with Crippen LogP contribution < -0.4 is 15.4 Å². The zero-order valence-electron chi connectivity index (χ0n) is 12.9. The summed E-state index contributed by atoms with van der Waals surface area (Å²) >= 11 is 3.44. The Bertz CT molecular complexity index is 819. The minimum atomic E-state index is -0.215. The predicted octanol–water partition coefficient (Wildman–Crippen LogP) is 3.73. The molecule has 5 heteroatoms. The minimum absolute atomic E-state index is 0.170. The number of nitrogens with zero attached hydrogens (tertiary/aromatic N) is 2. The van der Waals surface area contributed by atoms with E-state index in [0.717, 1.165) is 21.3 Å². The molecule has 0 bridgehead atoms. The van der Waals surface area contributed by atoms with Gasteiger partial charge in [-0.25, -0.2) is 0 Å². The first-order chi connectivity index (χ1) is 11.0. The monoisotopic (exact) mass is 369 g/mol. The molecule has 1 heterocycles. The molecule has 1 aliphatic rings. The molecule has 2 aromatic rings. The number of allylic oxidation sites excluding steroid dienone is 1. The van der Waals surface area contributed by atoms with Gasteiger partial charge in [0.2, 0.25) is 5.88 Å². The highest BCUT2D eigenvalue weighted by atomic mass is 79.9. The molecule has 0 amide bonds. The van der Waals surface area contributed by atoms with E-state index < -0.39 is 0 Å². The number of hydrogen-bond donors (Lipinski definition) is 1. The lowest BCUT2D eigenvalue weighted by Crippen LogP contribution is -2.21. The van der Waals surface area contributed by atoms with Crippen molar-refractivity contribution in [3.63, 3.8) is 0 Å². The van der Waals surface area contributed by atoms with Crippen LogP contribution in [0, 0.1) is 11.3 Å². The van der Waals surface area contributed by atoms with Crippen LogP contribution in [0.4, 0.5) is 5.69 Å². The van der Waals surface area contributed by atoms with E-state index in [2.05, 4.69) is 22.0 Å². The van der Waals surface area contributed by atoms with Crippen molar-refractivity contribution < 1.29 is 4.74 Å². The first-order valence-electron chi connectivity index (χ1n) is 7.15. The number of hydrogen-bond acceptors (Lipinski definition) is 4. The molecule has 3 rings (SSSR count). The molecular formula is C18H16BrN3O. The summed E-state index contributed by atoms with van der Waals surface area (Å²) in [6.07, 6.45) is 0. The van der Waals surface area contributed by atoms with Crippen LogP contribution in [0.15, 0.2) is 58.4 Å². The van der Waals surface area contributed by atoms with Gasteiger partial charge in [0.1, 0.15) is 17.4 Å². The predicted molar refractivity (Wildman–Crippen MR) is 94.2 cm³/mol. The van der Waals surface area contributed by atoms with Gasteiger partial charge in [0.25, 0.3) is 0 Å². The van der Waals surface area contributed by atoms with E-state index in [1.165, 1.54) is 0 Å². The fraction of sp³-hybridized carbons (Fsp3) is 0.167. The summed E-state index contributed by atoms with van der Waals surface area (Å²) in [7, 11) is 3.94. The lowest BCUT2D eigenvalue weighted by atomic mass is 9.83. The SMILES string of the molecule is CN(C)c1ccc2c(c1)OC(N)=C(C#N)C2c1ccc(Br)cc1. The first kappa shape index (κ1) is 15.4. The molecule has 1 atom stereocenters. The maximum atomic E-state index is 9.53. The summed E-state index contributed by atoms with van der Waals surface area (Å²) in [6.45, 7) is 0. The fourth-order valence-corrected chi connectivity index (χ4v) is 2.98. The van der Waals surface area contributed by atoms with Gasteiger partial charge in [-0.15, -0.1) is 0 Å². The number of benzene rings is 2. The Morgan fingerprint density at radius 1 is 1.17 bits per heavy atom. The van der Waals surface area contributed by atoms with Gasteiger partial charge in [-0.2, -0.15) is 5.26 Å². The Morgan fingerprint density at radius 3 is 2.48 bits per heavy atom. The topological polar surface area (TPSA) is 62.3 Å². The van der Waals surface area contributed by atoms with E-state index in [1.54, 1.807) is 0 Å². The van der Waals surface area contributed by atoms with Crippen LogP contribution in [0.3, 0.4) is 0 Å². The van der Waals surface area contributed by atoms with Crippen molar-refractivity contribution in [2.75, 3.05) is 19.0 Å². The van der Waals surface area contributed by atoms with E-state index in [1.807, 2.05) is 61.5 Å². The molecular weight excluding hydrogens is 354 g/mol. The van der Waals surface area contributed by atoms with Crippen molar-refractivity contribution in [1.82, 2.24) is 0 Å². The molecule has 0 spiro atoms. The van der Waals surface area contributed by atoms with Crippen molar-refractivity contribution in [3.8, 4) is 11.8 Å². The van der Waals surface area contributed by atoms with E-state index >= 15 is 0 Å². The van der Waals surface area contributed by atoms with Gasteiger partial charge < -0.3 is 15.4 Å². The molecule has 0 fully saturated rings. The second kappa shape index (κ2) is 5.98. The molecule has 1 unspecified atom stereocenters. The summed E-state index contributed by atoms with van der Waals surface area (Å²) in [6, 6.07) is 16.1. The number of ether oxygens (including phenoxy) is 1. The Morgan fingerprint density at radius 2 is 1.87 bits per heavy atom. The van der Waals surface area contributed by atoms with Crippen molar-refractivity contribution >= 4 is 21.6 Å². The van der Waals surface area contributed by atoms with E-state index in [-0.39, 0.29) is 11.8 Å². The number of nitriles is 1.